The molecule has 2 rings (SSSR count). The third kappa shape index (κ3) is 3.43. The molecule has 8 heteroatoms. The van der Waals surface area contributed by atoms with Crippen molar-refractivity contribution < 1.29 is 14.4 Å². The SMILES string of the molecule is CCNc1nccc(N(OC)C(=O)c2cccnc2)c1C(N)=O. The Morgan fingerprint density at radius 2 is 2.13 bits per heavy atom. The van der Waals surface area contributed by atoms with Crippen LogP contribution in [0.1, 0.15) is 27.6 Å². The fraction of sp³-hybridized carbons (Fsp3) is 0.200. The maximum Gasteiger partial charge on any atom is 0.283 e. The van der Waals surface area contributed by atoms with Crippen LogP contribution in [0.15, 0.2) is 36.8 Å². The molecule has 0 aliphatic carbocycles. The zero-order valence-corrected chi connectivity index (χ0v) is 12.8. The summed E-state index contributed by atoms with van der Waals surface area (Å²) in [6, 6.07) is 4.71. The fourth-order valence-electron chi connectivity index (χ4n) is 2.06. The number of hydrogen-bond donors (Lipinski definition) is 2. The number of nitrogens with zero attached hydrogens (tertiary/aromatic N) is 3. The number of hydroxylamine groups is 1. The Morgan fingerprint density at radius 1 is 1.35 bits per heavy atom. The number of anilines is 2. The van der Waals surface area contributed by atoms with Gasteiger partial charge in [0.2, 0.25) is 0 Å². The molecule has 2 heterocycles. The van der Waals surface area contributed by atoms with Gasteiger partial charge in [0.25, 0.3) is 11.8 Å². The van der Waals surface area contributed by atoms with Crippen molar-refractivity contribution in [2.75, 3.05) is 24.0 Å². The van der Waals surface area contributed by atoms with E-state index >= 15 is 0 Å². The molecule has 0 saturated carbocycles. The van der Waals surface area contributed by atoms with Crippen LogP contribution in [-0.4, -0.2) is 35.4 Å². The molecule has 0 unspecified atom stereocenters. The quantitative estimate of drug-likeness (QED) is 0.775. The van der Waals surface area contributed by atoms with E-state index in [0.717, 1.165) is 5.06 Å². The number of carbonyl (C=O) groups excluding carboxylic acids is 2. The lowest BCUT2D eigenvalue weighted by Gasteiger charge is -2.22. The molecule has 0 aliphatic rings. The predicted molar refractivity (Wildman–Crippen MR) is 85.0 cm³/mol. The monoisotopic (exact) mass is 315 g/mol. The maximum atomic E-state index is 12.6. The van der Waals surface area contributed by atoms with Gasteiger partial charge in [-0.05, 0) is 25.1 Å². The molecule has 0 spiro atoms. The number of rotatable bonds is 6. The first kappa shape index (κ1) is 16.4. The normalized spacial score (nSPS) is 10.2. The van der Waals surface area contributed by atoms with Gasteiger partial charge in [-0.15, -0.1) is 0 Å². The lowest BCUT2D eigenvalue weighted by molar-refractivity contribution is 0.0771. The molecular formula is C15H17N5O3. The highest BCUT2D eigenvalue weighted by Crippen LogP contribution is 2.26. The maximum absolute atomic E-state index is 12.6. The summed E-state index contributed by atoms with van der Waals surface area (Å²) in [7, 11) is 1.33. The second-order valence-electron chi connectivity index (χ2n) is 4.47. The Balaban J connectivity index is 2.51. The number of nitrogens with two attached hydrogens (primary N) is 1. The van der Waals surface area contributed by atoms with Gasteiger partial charge in [0.1, 0.15) is 11.4 Å². The van der Waals surface area contributed by atoms with E-state index in [1.807, 2.05) is 6.92 Å². The number of hydrogen-bond acceptors (Lipinski definition) is 6. The molecule has 0 saturated heterocycles. The average molecular weight is 315 g/mol. The number of pyridine rings is 2. The zero-order chi connectivity index (χ0) is 16.8. The lowest BCUT2D eigenvalue weighted by Crippen LogP contribution is -2.32. The third-order valence-electron chi connectivity index (χ3n) is 3.01. The standard InChI is InChI=1S/C15H17N5O3/c1-3-18-14-12(13(16)21)11(6-8-19-14)20(23-2)15(22)10-5-4-7-17-9-10/h4-9H,3H2,1-2H3,(H2,16,21)(H,18,19). The van der Waals surface area contributed by atoms with Crippen molar-refractivity contribution in [2.45, 2.75) is 6.92 Å². The summed E-state index contributed by atoms with van der Waals surface area (Å²) in [6.45, 7) is 2.40. The van der Waals surface area contributed by atoms with E-state index in [9.17, 15) is 9.59 Å². The van der Waals surface area contributed by atoms with Crippen molar-refractivity contribution >= 4 is 23.3 Å². The van der Waals surface area contributed by atoms with E-state index in [0.29, 0.717) is 17.9 Å². The van der Waals surface area contributed by atoms with Crippen LogP contribution in [0.5, 0.6) is 0 Å². The van der Waals surface area contributed by atoms with E-state index in [-0.39, 0.29) is 11.3 Å². The van der Waals surface area contributed by atoms with Crippen LogP contribution < -0.4 is 16.1 Å². The molecule has 2 aromatic rings. The van der Waals surface area contributed by atoms with Gasteiger partial charge in [0.05, 0.1) is 18.4 Å². The number of carbonyl (C=O) groups is 2. The Morgan fingerprint density at radius 3 is 2.70 bits per heavy atom. The van der Waals surface area contributed by atoms with Crippen LogP contribution in [0.3, 0.4) is 0 Å². The van der Waals surface area contributed by atoms with E-state index < -0.39 is 11.8 Å². The molecule has 120 valence electrons. The molecule has 3 N–H and O–H groups in total. The van der Waals surface area contributed by atoms with Gasteiger partial charge in [0.15, 0.2) is 0 Å². The Labute approximate surface area is 133 Å². The molecule has 8 nitrogen and oxygen atoms in total. The molecular weight excluding hydrogens is 298 g/mol. The minimum absolute atomic E-state index is 0.0773. The molecule has 0 fully saturated rings. The topological polar surface area (TPSA) is 110 Å². The molecule has 2 aromatic heterocycles. The molecule has 0 aliphatic heterocycles. The molecule has 0 aromatic carbocycles. The zero-order valence-electron chi connectivity index (χ0n) is 12.8. The minimum Gasteiger partial charge on any atom is -0.370 e. The highest BCUT2D eigenvalue weighted by Gasteiger charge is 2.25. The van der Waals surface area contributed by atoms with Crippen LogP contribution in [0.4, 0.5) is 11.5 Å². The predicted octanol–water partition coefficient (Wildman–Crippen LogP) is 1.22. The summed E-state index contributed by atoms with van der Waals surface area (Å²) < 4.78 is 0. The first-order valence-electron chi connectivity index (χ1n) is 6.91. The molecule has 0 atom stereocenters. The van der Waals surface area contributed by atoms with Crippen molar-refractivity contribution in [3.8, 4) is 0 Å². The van der Waals surface area contributed by atoms with Gasteiger partial charge < -0.3 is 11.1 Å². The fourth-order valence-corrected chi connectivity index (χ4v) is 2.06. The van der Waals surface area contributed by atoms with Crippen molar-refractivity contribution in [3.05, 3.63) is 47.9 Å². The Hall–Kier alpha value is -3.00. The smallest absolute Gasteiger partial charge is 0.283 e. The number of nitrogens with one attached hydrogen (secondary N) is 1. The molecule has 0 radical (unpaired) electrons. The minimum atomic E-state index is -0.718. The molecule has 2 amide bonds. The van der Waals surface area contributed by atoms with Gasteiger partial charge in [-0.2, -0.15) is 5.06 Å². The molecule has 0 bridgehead atoms. The van der Waals surface area contributed by atoms with Gasteiger partial charge in [-0.1, -0.05) is 0 Å². The van der Waals surface area contributed by atoms with Crippen molar-refractivity contribution in [1.82, 2.24) is 9.97 Å². The summed E-state index contributed by atoms with van der Waals surface area (Å²) in [5, 5.41) is 3.92. The largest absolute Gasteiger partial charge is 0.370 e. The van der Waals surface area contributed by atoms with Gasteiger partial charge >= 0.3 is 0 Å². The van der Waals surface area contributed by atoms with Crippen LogP contribution >= 0.6 is 0 Å². The van der Waals surface area contributed by atoms with Crippen molar-refractivity contribution in [3.63, 3.8) is 0 Å². The summed E-state index contributed by atoms with van der Waals surface area (Å²) >= 11 is 0. The van der Waals surface area contributed by atoms with Crippen LogP contribution in [0.2, 0.25) is 0 Å². The third-order valence-corrected chi connectivity index (χ3v) is 3.01. The summed E-state index contributed by atoms with van der Waals surface area (Å²) in [5.74, 6) is -0.902. The summed E-state index contributed by atoms with van der Waals surface area (Å²) in [6.07, 6.45) is 4.42. The number of amides is 2. The van der Waals surface area contributed by atoms with E-state index in [1.54, 1.807) is 18.3 Å². The first-order valence-corrected chi connectivity index (χ1v) is 6.91. The Kier molecular flexibility index (Phi) is 5.21. The average Bonchev–Trinajstić information content (AvgIpc) is 2.56. The van der Waals surface area contributed by atoms with Gasteiger partial charge in [-0.25, -0.2) is 4.98 Å². The van der Waals surface area contributed by atoms with Crippen LogP contribution in [0, 0.1) is 0 Å². The van der Waals surface area contributed by atoms with E-state index in [2.05, 4.69) is 15.3 Å². The van der Waals surface area contributed by atoms with Crippen molar-refractivity contribution in [1.29, 1.82) is 0 Å². The molecule has 23 heavy (non-hydrogen) atoms. The Bertz CT molecular complexity index is 706. The van der Waals surface area contributed by atoms with Gasteiger partial charge in [-0.3, -0.25) is 19.4 Å². The van der Waals surface area contributed by atoms with E-state index in [4.69, 9.17) is 10.6 Å². The number of aromatic nitrogens is 2. The lowest BCUT2D eigenvalue weighted by atomic mass is 10.1. The summed E-state index contributed by atoms with van der Waals surface area (Å²) in [5.41, 5.74) is 6.05. The first-order chi connectivity index (χ1) is 11.1. The number of primary amides is 1. The highest BCUT2D eigenvalue weighted by atomic mass is 16.7. The van der Waals surface area contributed by atoms with Crippen molar-refractivity contribution in [2.24, 2.45) is 5.73 Å². The highest BCUT2D eigenvalue weighted by molar-refractivity contribution is 6.10. The van der Waals surface area contributed by atoms with Crippen LogP contribution in [0.25, 0.3) is 0 Å². The van der Waals surface area contributed by atoms with Gasteiger partial charge in [0, 0.05) is 25.1 Å². The second kappa shape index (κ2) is 7.32. The van der Waals surface area contributed by atoms with E-state index in [1.165, 1.54) is 25.6 Å². The van der Waals surface area contributed by atoms with Crippen LogP contribution in [-0.2, 0) is 4.84 Å². The second-order valence-corrected chi connectivity index (χ2v) is 4.47. The summed E-state index contributed by atoms with van der Waals surface area (Å²) in [4.78, 5) is 37.6.